The Kier molecular flexibility index (Phi) is 5.09. The van der Waals surface area contributed by atoms with E-state index in [1.807, 2.05) is 35.2 Å². The lowest BCUT2D eigenvalue weighted by Crippen LogP contribution is -2.48. The smallest absolute Gasteiger partial charge is 0.253 e. The summed E-state index contributed by atoms with van der Waals surface area (Å²) in [6.45, 7) is 4.92. The first-order chi connectivity index (χ1) is 12.8. The number of para-hydroxylation sites is 1. The fourth-order valence-electron chi connectivity index (χ4n) is 4.36. The highest BCUT2D eigenvalue weighted by molar-refractivity contribution is 6.01. The van der Waals surface area contributed by atoms with Crippen molar-refractivity contribution < 1.29 is 9.53 Å². The average Bonchev–Trinajstić information content (AvgIpc) is 3.06. The molecule has 0 aliphatic carbocycles. The molecule has 5 nitrogen and oxygen atoms in total. The Morgan fingerprint density at radius 1 is 1.35 bits per heavy atom. The molecule has 0 spiro atoms. The average molecular weight is 353 g/mol. The van der Waals surface area contributed by atoms with Crippen molar-refractivity contribution in [2.75, 3.05) is 19.6 Å². The maximum atomic E-state index is 13.1. The molecule has 2 fully saturated rings. The highest BCUT2D eigenvalue weighted by Crippen LogP contribution is 2.29. The summed E-state index contributed by atoms with van der Waals surface area (Å²) in [5.41, 5.74) is 8.40. The molecule has 3 unspecified atom stereocenters. The van der Waals surface area contributed by atoms with Crippen molar-refractivity contribution in [3.8, 4) is 5.75 Å². The molecule has 3 heterocycles. The minimum Gasteiger partial charge on any atom is -0.464 e. The molecule has 26 heavy (non-hydrogen) atoms. The van der Waals surface area contributed by atoms with Gasteiger partial charge in [0.2, 0.25) is 0 Å². The van der Waals surface area contributed by atoms with Crippen molar-refractivity contribution in [1.29, 1.82) is 0 Å². The van der Waals surface area contributed by atoms with Crippen LogP contribution in [-0.4, -0.2) is 36.5 Å². The van der Waals surface area contributed by atoms with Crippen molar-refractivity contribution >= 4 is 12.0 Å². The first kappa shape index (κ1) is 17.3. The second-order valence-electron chi connectivity index (χ2n) is 7.43. The topological polar surface area (TPSA) is 53.6 Å². The van der Waals surface area contributed by atoms with Crippen molar-refractivity contribution in [2.45, 2.75) is 32.2 Å². The predicted molar refractivity (Wildman–Crippen MR) is 102 cm³/mol. The van der Waals surface area contributed by atoms with Crippen molar-refractivity contribution in [1.82, 2.24) is 15.8 Å². The number of nitrogens with zero attached hydrogens (tertiary/aromatic N) is 1. The maximum Gasteiger partial charge on any atom is 0.253 e. The normalized spacial score (nSPS) is 28.1. The summed E-state index contributed by atoms with van der Waals surface area (Å²) in [6, 6.07) is 8.26. The molecule has 3 aliphatic heterocycles. The molecule has 1 amide bonds. The van der Waals surface area contributed by atoms with Crippen LogP contribution < -0.4 is 15.6 Å². The van der Waals surface area contributed by atoms with Gasteiger partial charge in [-0.2, -0.15) is 0 Å². The van der Waals surface area contributed by atoms with Gasteiger partial charge in [-0.15, -0.1) is 0 Å². The van der Waals surface area contributed by atoms with E-state index in [9.17, 15) is 4.79 Å². The van der Waals surface area contributed by atoms with E-state index in [4.69, 9.17) is 4.74 Å². The summed E-state index contributed by atoms with van der Waals surface area (Å²) in [4.78, 5) is 15.2. The Morgan fingerprint density at radius 2 is 2.23 bits per heavy atom. The molecule has 3 aliphatic rings. The molecular weight excluding hydrogens is 326 g/mol. The number of likely N-dealkylation sites (tertiary alicyclic amines) is 1. The molecule has 2 saturated heterocycles. The van der Waals surface area contributed by atoms with Gasteiger partial charge in [0, 0.05) is 36.8 Å². The third-order valence-corrected chi connectivity index (χ3v) is 5.84. The lowest BCUT2D eigenvalue weighted by Gasteiger charge is -2.37. The number of ether oxygens (including phenoxy) is 1. The third kappa shape index (κ3) is 3.41. The Morgan fingerprint density at radius 3 is 3.12 bits per heavy atom. The second kappa shape index (κ2) is 7.64. The Bertz CT molecular complexity index is 728. The lowest BCUT2D eigenvalue weighted by atomic mass is 9.83. The number of hydrogen-bond acceptors (Lipinski definition) is 4. The minimum atomic E-state index is 0.102. The summed E-state index contributed by atoms with van der Waals surface area (Å²) in [5.74, 6) is 2.04. The summed E-state index contributed by atoms with van der Waals surface area (Å²) < 4.78 is 5.63. The van der Waals surface area contributed by atoms with E-state index in [1.54, 1.807) is 12.3 Å². The molecule has 1 aromatic carbocycles. The second-order valence-corrected chi connectivity index (χ2v) is 7.43. The van der Waals surface area contributed by atoms with E-state index in [-0.39, 0.29) is 5.91 Å². The van der Waals surface area contributed by atoms with E-state index >= 15 is 0 Å². The quantitative estimate of drug-likeness (QED) is 0.877. The fraction of sp³-hybridized carbons (Fsp3) is 0.476. The number of hydrazine groups is 1. The molecular formula is C21H27N3O2. The van der Waals surface area contributed by atoms with E-state index in [2.05, 4.69) is 17.8 Å². The summed E-state index contributed by atoms with van der Waals surface area (Å²) in [5, 5.41) is 0. The zero-order valence-corrected chi connectivity index (χ0v) is 15.3. The number of carbonyl (C=O) groups is 1. The summed E-state index contributed by atoms with van der Waals surface area (Å²) >= 11 is 0. The van der Waals surface area contributed by atoms with Gasteiger partial charge >= 0.3 is 0 Å². The molecule has 2 N–H and O–H groups in total. The van der Waals surface area contributed by atoms with Crippen LogP contribution in [0.3, 0.4) is 0 Å². The Hall–Kier alpha value is -2.11. The zero-order valence-electron chi connectivity index (χ0n) is 15.3. The van der Waals surface area contributed by atoms with Crippen molar-refractivity contribution in [3.05, 3.63) is 47.7 Å². The SMILES string of the molecule is CCC1CNNC1C1CCCN(C(=O)C2=Cc3ccccc3OC=C2)C1. The highest BCUT2D eigenvalue weighted by atomic mass is 16.5. The Labute approximate surface area is 155 Å². The zero-order chi connectivity index (χ0) is 17.9. The number of hydrogen-bond donors (Lipinski definition) is 2. The maximum absolute atomic E-state index is 13.1. The van der Waals surface area contributed by atoms with Gasteiger partial charge in [0.25, 0.3) is 5.91 Å². The lowest BCUT2D eigenvalue weighted by molar-refractivity contribution is -0.128. The largest absolute Gasteiger partial charge is 0.464 e. The van der Waals surface area contributed by atoms with Crippen LogP contribution in [0.1, 0.15) is 31.7 Å². The summed E-state index contributed by atoms with van der Waals surface area (Å²) in [7, 11) is 0. The van der Waals surface area contributed by atoms with Crippen LogP contribution in [0.5, 0.6) is 5.75 Å². The van der Waals surface area contributed by atoms with Crippen LogP contribution >= 0.6 is 0 Å². The van der Waals surface area contributed by atoms with Gasteiger partial charge in [-0.3, -0.25) is 15.6 Å². The van der Waals surface area contributed by atoms with E-state index < -0.39 is 0 Å². The highest BCUT2D eigenvalue weighted by Gasteiger charge is 2.36. The van der Waals surface area contributed by atoms with Gasteiger partial charge in [-0.25, -0.2) is 0 Å². The first-order valence-electron chi connectivity index (χ1n) is 9.68. The number of benzene rings is 1. The molecule has 0 saturated carbocycles. The number of nitrogens with one attached hydrogen (secondary N) is 2. The number of fused-ring (bicyclic) bond motifs is 1. The van der Waals surface area contributed by atoms with Gasteiger partial charge in [-0.05, 0) is 42.9 Å². The summed E-state index contributed by atoms with van der Waals surface area (Å²) in [6.07, 6.45) is 8.75. The van der Waals surface area contributed by atoms with Gasteiger partial charge < -0.3 is 9.64 Å². The van der Waals surface area contributed by atoms with Crippen LogP contribution in [0, 0.1) is 11.8 Å². The van der Waals surface area contributed by atoms with Crippen LogP contribution in [0.4, 0.5) is 0 Å². The van der Waals surface area contributed by atoms with E-state index in [1.165, 1.54) is 6.42 Å². The van der Waals surface area contributed by atoms with E-state index in [0.717, 1.165) is 43.8 Å². The van der Waals surface area contributed by atoms with Crippen LogP contribution in [0.15, 0.2) is 42.2 Å². The minimum absolute atomic E-state index is 0.102. The standard InChI is InChI=1S/C21H27N3O2/c1-2-15-13-22-23-20(15)18-7-5-10-24(14-18)21(25)17-9-11-26-19-8-4-3-6-16(19)12-17/h3-4,6,8-9,11-12,15,18,20,22-23H,2,5,7,10,13-14H2,1H3. The van der Waals surface area contributed by atoms with Crippen LogP contribution in [0.2, 0.25) is 0 Å². The fourth-order valence-corrected chi connectivity index (χ4v) is 4.36. The van der Waals surface area contributed by atoms with Crippen LogP contribution in [-0.2, 0) is 4.79 Å². The van der Waals surface area contributed by atoms with Gasteiger partial charge in [0.1, 0.15) is 5.75 Å². The number of rotatable bonds is 3. The first-order valence-corrected chi connectivity index (χ1v) is 9.68. The van der Waals surface area contributed by atoms with Gasteiger partial charge in [0.05, 0.1) is 6.26 Å². The predicted octanol–water partition coefficient (Wildman–Crippen LogP) is 2.72. The molecule has 0 bridgehead atoms. The number of piperidine rings is 1. The third-order valence-electron chi connectivity index (χ3n) is 5.84. The molecule has 1 aromatic rings. The van der Waals surface area contributed by atoms with Crippen molar-refractivity contribution in [2.24, 2.45) is 11.8 Å². The van der Waals surface area contributed by atoms with Gasteiger partial charge in [-0.1, -0.05) is 31.5 Å². The molecule has 5 heteroatoms. The Balaban J connectivity index is 1.50. The molecule has 138 valence electrons. The molecule has 0 radical (unpaired) electrons. The van der Waals surface area contributed by atoms with Crippen LogP contribution in [0.25, 0.3) is 6.08 Å². The van der Waals surface area contributed by atoms with E-state index in [0.29, 0.717) is 23.5 Å². The number of carbonyl (C=O) groups excluding carboxylic acids is 1. The van der Waals surface area contributed by atoms with Crippen molar-refractivity contribution in [3.63, 3.8) is 0 Å². The molecule has 4 rings (SSSR count). The molecule has 0 aromatic heterocycles. The monoisotopic (exact) mass is 353 g/mol. The number of amides is 1. The van der Waals surface area contributed by atoms with Gasteiger partial charge in [0.15, 0.2) is 0 Å². The molecule has 3 atom stereocenters.